The van der Waals surface area contributed by atoms with E-state index in [0.717, 1.165) is 31.4 Å². The van der Waals surface area contributed by atoms with E-state index >= 15 is 0 Å². The zero-order valence-electron chi connectivity index (χ0n) is 17.0. The molecule has 1 aliphatic carbocycles. The third kappa shape index (κ3) is 6.16. The fourth-order valence-corrected chi connectivity index (χ4v) is 4.39. The second kappa shape index (κ2) is 9.51. The van der Waals surface area contributed by atoms with Crippen LogP contribution in [0.4, 0.5) is 24.5 Å². The van der Waals surface area contributed by atoms with E-state index in [0.29, 0.717) is 17.7 Å². The number of ether oxygens (including phenoxy) is 2. The molecular weight excluding hydrogens is 449 g/mol. The van der Waals surface area contributed by atoms with E-state index in [1.54, 1.807) is 0 Å². The molecule has 0 radical (unpaired) electrons. The molecule has 32 heavy (non-hydrogen) atoms. The summed E-state index contributed by atoms with van der Waals surface area (Å²) in [4.78, 5) is 12.1. The molecule has 7 nitrogen and oxygen atoms in total. The molecule has 2 aromatic carbocycles. The number of amides is 1. The van der Waals surface area contributed by atoms with Crippen molar-refractivity contribution >= 4 is 27.3 Å². The van der Waals surface area contributed by atoms with Gasteiger partial charge >= 0.3 is 6.36 Å². The van der Waals surface area contributed by atoms with Gasteiger partial charge in [-0.1, -0.05) is 12.1 Å². The van der Waals surface area contributed by atoms with Crippen LogP contribution in [0.3, 0.4) is 0 Å². The minimum absolute atomic E-state index is 0.0457. The van der Waals surface area contributed by atoms with Crippen molar-refractivity contribution in [1.82, 2.24) is 0 Å². The number of alkyl halides is 3. The summed E-state index contributed by atoms with van der Waals surface area (Å²) < 4.78 is 74.0. The first kappa shape index (κ1) is 23.5. The highest BCUT2D eigenvalue weighted by molar-refractivity contribution is 7.92. The van der Waals surface area contributed by atoms with Gasteiger partial charge in [-0.05, 0) is 49.9 Å². The number of nitrogens with one attached hydrogen (secondary N) is 2. The summed E-state index contributed by atoms with van der Waals surface area (Å²) >= 11 is 0. The monoisotopic (exact) mass is 470 g/mol. The first-order valence-electron chi connectivity index (χ1n) is 9.64. The van der Waals surface area contributed by atoms with E-state index in [1.807, 2.05) is 6.08 Å². The predicted octanol–water partition coefficient (Wildman–Crippen LogP) is 4.83. The highest BCUT2D eigenvalue weighted by atomic mass is 32.2. The summed E-state index contributed by atoms with van der Waals surface area (Å²) in [5.41, 5.74) is 0.891. The molecule has 2 N–H and O–H groups in total. The van der Waals surface area contributed by atoms with Gasteiger partial charge in [0.1, 0.15) is 16.4 Å². The lowest BCUT2D eigenvalue weighted by molar-refractivity contribution is -0.274. The Morgan fingerprint density at radius 1 is 1.06 bits per heavy atom. The Bertz CT molecular complexity index is 1130. The number of methoxy groups -OCH3 is 1. The van der Waals surface area contributed by atoms with Crippen LogP contribution >= 0.6 is 0 Å². The number of hydrogen-bond acceptors (Lipinski definition) is 5. The SMILES string of the molecule is COc1cc(NC(=O)C2=CCCCC2)ccc1S(=O)(=O)Nc1cccc(OC(F)(F)F)c1. The number of hydrogen-bond donors (Lipinski definition) is 2. The quantitative estimate of drug-likeness (QED) is 0.604. The van der Waals surface area contributed by atoms with Gasteiger partial charge in [0.15, 0.2) is 0 Å². The summed E-state index contributed by atoms with van der Waals surface area (Å²) in [6.45, 7) is 0. The number of carbonyl (C=O) groups is 1. The van der Waals surface area contributed by atoms with Crippen LogP contribution in [0, 0.1) is 0 Å². The van der Waals surface area contributed by atoms with E-state index in [4.69, 9.17) is 4.74 Å². The average Bonchev–Trinajstić information content (AvgIpc) is 2.72. The molecule has 0 aromatic heterocycles. The molecule has 0 saturated heterocycles. The third-order valence-corrected chi connectivity index (χ3v) is 6.03. The number of anilines is 2. The van der Waals surface area contributed by atoms with E-state index in [1.165, 1.54) is 37.4 Å². The molecule has 2 aromatic rings. The molecule has 0 saturated carbocycles. The lowest BCUT2D eigenvalue weighted by atomic mass is 9.99. The van der Waals surface area contributed by atoms with Crippen LogP contribution in [-0.4, -0.2) is 27.8 Å². The predicted molar refractivity (Wildman–Crippen MR) is 112 cm³/mol. The van der Waals surface area contributed by atoms with E-state index < -0.39 is 22.1 Å². The highest BCUT2D eigenvalue weighted by Gasteiger charge is 2.31. The number of sulfonamides is 1. The van der Waals surface area contributed by atoms with Gasteiger partial charge < -0.3 is 14.8 Å². The van der Waals surface area contributed by atoms with Crippen molar-refractivity contribution in [2.45, 2.75) is 36.9 Å². The van der Waals surface area contributed by atoms with Crippen molar-refractivity contribution in [2.24, 2.45) is 0 Å². The number of allylic oxidation sites excluding steroid dienone is 1. The molecular formula is C21H21F3N2O5S. The molecule has 0 unspecified atom stereocenters. The molecule has 0 fully saturated rings. The van der Waals surface area contributed by atoms with Crippen LogP contribution < -0.4 is 19.5 Å². The van der Waals surface area contributed by atoms with Crippen LogP contribution in [0.1, 0.15) is 25.7 Å². The summed E-state index contributed by atoms with van der Waals surface area (Å²) in [6, 6.07) is 8.45. The van der Waals surface area contributed by atoms with Crippen LogP contribution in [0.5, 0.6) is 11.5 Å². The Morgan fingerprint density at radius 2 is 1.84 bits per heavy atom. The Hall–Kier alpha value is -3.21. The maximum absolute atomic E-state index is 12.8. The molecule has 0 bridgehead atoms. The van der Waals surface area contributed by atoms with Crippen LogP contribution in [-0.2, 0) is 14.8 Å². The second-order valence-corrected chi connectivity index (χ2v) is 8.63. The van der Waals surface area contributed by atoms with E-state index in [-0.39, 0.29) is 22.2 Å². The summed E-state index contributed by atoms with van der Waals surface area (Å²) in [6.07, 6.45) is 0.459. The Morgan fingerprint density at radius 3 is 2.50 bits per heavy atom. The fraction of sp³-hybridized carbons (Fsp3) is 0.286. The maximum Gasteiger partial charge on any atom is 0.573 e. The Labute approximate surface area is 183 Å². The number of carbonyl (C=O) groups excluding carboxylic acids is 1. The van der Waals surface area contributed by atoms with Crippen LogP contribution in [0.25, 0.3) is 0 Å². The van der Waals surface area contributed by atoms with Crippen molar-refractivity contribution in [3.8, 4) is 11.5 Å². The summed E-state index contributed by atoms with van der Waals surface area (Å²) in [5, 5.41) is 2.72. The lowest BCUT2D eigenvalue weighted by Crippen LogP contribution is -2.18. The molecule has 3 rings (SSSR count). The van der Waals surface area contributed by atoms with Gasteiger partial charge in [-0.2, -0.15) is 0 Å². The second-order valence-electron chi connectivity index (χ2n) is 6.98. The lowest BCUT2D eigenvalue weighted by Gasteiger charge is -2.16. The van der Waals surface area contributed by atoms with Gasteiger partial charge in [0.2, 0.25) is 0 Å². The van der Waals surface area contributed by atoms with Crippen molar-refractivity contribution < 1.29 is 35.9 Å². The first-order chi connectivity index (χ1) is 15.1. The number of halogens is 3. The molecule has 0 heterocycles. The molecule has 0 spiro atoms. The maximum atomic E-state index is 12.8. The van der Waals surface area contributed by atoms with Crippen molar-refractivity contribution in [3.05, 3.63) is 54.1 Å². The van der Waals surface area contributed by atoms with Gasteiger partial charge in [0.25, 0.3) is 15.9 Å². The Kier molecular flexibility index (Phi) is 6.97. The summed E-state index contributed by atoms with van der Waals surface area (Å²) in [7, 11) is -2.95. The third-order valence-electron chi connectivity index (χ3n) is 4.61. The van der Waals surface area contributed by atoms with Crippen LogP contribution in [0.15, 0.2) is 59.0 Å². The minimum Gasteiger partial charge on any atom is -0.495 e. The van der Waals surface area contributed by atoms with Gasteiger partial charge in [-0.25, -0.2) is 8.42 Å². The standard InChI is InChI=1S/C21H21F3N2O5S/c1-30-18-13-15(25-20(27)14-6-3-2-4-7-14)10-11-19(18)32(28,29)26-16-8-5-9-17(12-16)31-21(22,23)24/h5-6,8-13,26H,2-4,7H2,1H3,(H,25,27). The first-order valence-corrected chi connectivity index (χ1v) is 11.1. The van der Waals surface area contributed by atoms with E-state index in [9.17, 15) is 26.4 Å². The highest BCUT2D eigenvalue weighted by Crippen LogP contribution is 2.31. The molecule has 0 aliphatic heterocycles. The van der Waals surface area contributed by atoms with Gasteiger partial charge in [-0.15, -0.1) is 13.2 Å². The average molecular weight is 470 g/mol. The van der Waals surface area contributed by atoms with Gasteiger partial charge in [0, 0.05) is 23.4 Å². The summed E-state index contributed by atoms with van der Waals surface area (Å²) in [5.74, 6) is -0.877. The van der Waals surface area contributed by atoms with Gasteiger partial charge in [-0.3, -0.25) is 9.52 Å². The van der Waals surface area contributed by atoms with Crippen LogP contribution in [0.2, 0.25) is 0 Å². The topological polar surface area (TPSA) is 93.7 Å². The number of benzene rings is 2. The largest absolute Gasteiger partial charge is 0.573 e. The van der Waals surface area contributed by atoms with E-state index in [2.05, 4.69) is 14.8 Å². The van der Waals surface area contributed by atoms with Crippen molar-refractivity contribution in [2.75, 3.05) is 17.1 Å². The number of rotatable bonds is 7. The minimum atomic E-state index is -4.91. The smallest absolute Gasteiger partial charge is 0.495 e. The fourth-order valence-electron chi connectivity index (χ4n) is 3.19. The van der Waals surface area contributed by atoms with Gasteiger partial charge in [0.05, 0.1) is 12.8 Å². The molecule has 1 amide bonds. The zero-order valence-corrected chi connectivity index (χ0v) is 17.8. The molecule has 0 atom stereocenters. The zero-order chi connectivity index (χ0) is 23.4. The van der Waals surface area contributed by atoms with Crippen molar-refractivity contribution in [1.29, 1.82) is 0 Å². The normalized spacial score (nSPS) is 14.3. The molecule has 1 aliphatic rings. The van der Waals surface area contributed by atoms with Crippen molar-refractivity contribution in [3.63, 3.8) is 0 Å². The Balaban J connectivity index is 1.80. The molecule has 172 valence electrons. The molecule has 11 heteroatoms.